The summed E-state index contributed by atoms with van der Waals surface area (Å²) < 4.78 is 6.08. The Hall–Kier alpha value is 0.137. The second-order valence-electron chi connectivity index (χ2n) is 5.21. The van der Waals surface area contributed by atoms with Crippen LogP contribution in [-0.2, 0) is 4.43 Å². The van der Waals surface area contributed by atoms with Crippen LogP contribution in [0.2, 0.25) is 11.1 Å². The van der Waals surface area contributed by atoms with Gasteiger partial charge in [-0.05, 0) is 43.8 Å². The van der Waals surface area contributed by atoms with E-state index >= 15 is 0 Å². The molecule has 0 radical (unpaired) electrons. The predicted octanol–water partition coefficient (Wildman–Crippen LogP) is 3.18. The minimum absolute atomic E-state index is 0.885. The molecule has 0 amide bonds. The van der Waals surface area contributed by atoms with Gasteiger partial charge in [0.1, 0.15) is 0 Å². The first kappa shape index (κ1) is 11.6. The molecular weight excluding hydrogens is 202 g/mol. The number of rotatable bonds is 4. The van der Waals surface area contributed by atoms with E-state index in [1.807, 2.05) is 7.11 Å². The van der Waals surface area contributed by atoms with E-state index in [1.54, 1.807) is 0 Å². The maximum Gasteiger partial charge on any atom is 0.274 e. The van der Waals surface area contributed by atoms with Crippen molar-refractivity contribution in [2.75, 3.05) is 14.2 Å². The third-order valence-electron chi connectivity index (χ3n) is 4.65. The molecule has 0 unspecified atom stereocenters. The Balaban J connectivity index is 2.13. The Morgan fingerprint density at radius 3 is 1.60 bits per heavy atom. The van der Waals surface area contributed by atoms with Crippen molar-refractivity contribution in [3.63, 3.8) is 0 Å². The molecule has 0 atom stereocenters. The molecule has 2 fully saturated rings. The van der Waals surface area contributed by atoms with Crippen molar-refractivity contribution in [1.82, 2.24) is 4.98 Å². The van der Waals surface area contributed by atoms with Gasteiger partial charge in [-0.1, -0.05) is 25.7 Å². The highest BCUT2D eigenvalue weighted by molar-refractivity contribution is 6.74. The summed E-state index contributed by atoms with van der Waals surface area (Å²) in [4.78, 5) is 3.67. The maximum absolute atomic E-state index is 6.08. The molecule has 0 heterocycles. The van der Waals surface area contributed by atoms with Gasteiger partial charge in [0, 0.05) is 7.11 Å². The lowest BCUT2D eigenvalue weighted by Gasteiger charge is -2.39. The van der Waals surface area contributed by atoms with Gasteiger partial charge in [0.25, 0.3) is 8.48 Å². The average Bonchev–Trinajstić information content (AvgIpc) is 2.92. The lowest BCUT2D eigenvalue weighted by atomic mass is 10.3. The van der Waals surface area contributed by atoms with Crippen molar-refractivity contribution in [2.24, 2.45) is 0 Å². The molecule has 2 aliphatic rings. The highest BCUT2D eigenvalue weighted by Crippen LogP contribution is 2.48. The van der Waals surface area contributed by atoms with E-state index in [1.165, 1.54) is 51.4 Å². The van der Waals surface area contributed by atoms with E-state index in [4.69, 9.17) is 4.43 Å². The molecule has 0 saturated heterocycles. The van der Waals surface area contributed by atoms with E-state index in [0.29, 0.717) is 0 Å². The molecule has 2 saturated carbocycles. The monoisotopic (exact) mass is 227 g/mol. The van der Waals surface area contributed by atoms with E-state index in [2.05, 4.69) is 12.0 Å². The summed E-state index contributed by atoms with van der Waals surface area (Å²) in [5.74, 6) is 0. The molecule has 0 spiro atoms. The normalized spacial score (nSPS) is 25.2. The molecular formula is C12H25NOSi. The van der Waals surface area contributed by atoms with Crippen LogP contribution in [0.4, 0.5) is 0 Å². The molecule has 0 aromatic rings. The first-order valence-corrected chi connectivity index (χ1v) is 8.64. The first-order chi connectivity index (χ1) is 7.33. The molecule has 1 N–H and O–H groups in total. The molecule has 2 nitrogen and oxygen atoms in total. The third-order valence-corrected chi connectivity index (χ3v) is 9.69. The summed E-state index contributed by atoms with van der Waals surface area (Å²) in [6.45, 7) is 0. The Bertz CT molecular complexity index is 176. The summed E-state index contributed by atoms with van der Waals surface area (Å²) in [5, 5.41) is 0. The Morgan fingerprint density at radius 1 is 0.933 bits per heavy atom. The standard InChI is InChI=1S/C12H25NOSi/c1-13-15(14-2,11-7-3-4-8-11)12-9-5-6-10-12/h11-13H,3-10H2,1-2H3. The topological polar surface area (TPSA) is 21.3 Å². The third kappa shape index (κ3) is 2.02. The van der Waals surface area contributed by atoms with Gasteiger partial charge < -0.3 is 9.41 Å². The van der Waals surface area contributed by atoms with Gasteiger partial charge in [-0.2, -0.15) is 0 Å². The molecule has 88 valence electrons. The van der Waals surface area contributed by atoms with E-state index in [0.717, 1.165) is 11.1 Å². The molecule has 0 aromatic heterocycles. The maximum atomic E-state index is 6.08. The SMILES string of the molecule is CN[Si](OC)(C1CCCC1)C1CCCC1. The summed E-state index contributed by atoms with van der Waals surface area (Å²) in [6, 6.07) is 0. The number of hydrogen-bond acceptors (Lipinski definition) is 2. The van der Waals surface area contributed by atoms with Crippen molar-refractivity contribution in [1.29, 1.82) is 0 Å². The van der Waals surface area contributed by atoms with Crippen LogP contribution in [0.25, 0.3) is 0 Å². The minimum Gasteiger partial charge on any atom is -0.406 e. The first-order valence-electron chi connectivity index (χ1n) is 6.57. The van der Waals surface area contributed by atoms with Crippen molar-refractivity contribution in [3.05, 3.63) is 0 Å². The Morgan fingerprint density at radius 2 is 1.33 bits per heavy atom. The second kappa shape index (κ2) is 4.98. The zero-order valence-corrected chi connectivity index (χ0v) is 11.2. The van der Waals surface area contributed by atoms with Gasteiger partial charge >= 0.3 is 0 Å². The van der Waals surface area contributed by atoms with Gasteiger partial charge in [-0.25, -0.2) is 0 Å². The van der Waals surface area contributed by atoms with Gasteiger partial charge in [-0.3, -0.25) is 0 Å². The van der Waals surface area contributed by atoms with Crippen molar-refractivity contribution < 1.29 is 4.43 Å². The van der Waals surface area contributed by atoms with Crippen LogP contribution in [-0.4, -0.2) is 22.6 Å². The lowest BCUT2D eigenvalue weighted by Crippen LogP contribution is -2.57. The fourth-order valence-electron chi connectivity index (χ4n) is 3.89. The van der Waals surface area contributed by atoms with Gasteiger partial charge in [0.05, 0.1) is 0 Å². The highest BCUT2D eigenvalue weighted by atomic mass is 28.4. The van der Waals surface area contributed by atoms with Crippen LogP contribution >= 0.6 is 0 Å². The van der Waals surface area contributed by atoms with Gasteiger partial charge in [0.15, 0.2) is 0 Å². The van der Waals surface area contributed by atoms with Crippen molar-refractivity contribution in [2.45, 2.75) is 62.4 Å². The molecule has 3 heteroatoms. The van der Waals surface area contributed by atoms with Crippen LogP contribution in [0.5, 0.6) is 0 Å². The van der Waals surface area contributed by atoms with Crippen LogP contribution in [0, 0.1) is 0 Å². The smallest absolute Gasteiger partial charge is 0.274 e. The molecule has 2 aliphatic carbocycles. The van der Waals surface area contributed by atoms with Crippen LogP contribution in [0.3, 0.4) is 0 Å². The molecule has 2 rings (SSSR count). The minimum atomic E-state index is -1.63. The lowest BCUT2D eigenvalue weighted by molar-refractivity contribution is 0.348. The van der Waals surface area contributed by atoms with Crippen LogP contribution in [0.1, 0.15) is 51.4 Å². The quantitative estimate of drug-likeness (QED) is 0.745. The average molecular weight is 227 g/mol. The summed E-state index contributed by atoms with van der Waals surface area (Å²) in [7, 11) is 2.48. The van der Waals surface area contributed by atoms with Crippen LogP contribution in [0.15, 0.2) is 0 Å². The van der Waals surface area contributed by atoms with E-state index in [9.17, 15) is 0 Å². The number of nitrogens with one attached hydrogen (secondary N) is 1. The van der Waals surface area contributed by atoms with E-state index in [-0.39, 0.29) is 0 Å². The summed E-state index contributed by atoms with van der Waals surface area (Å²) in [5.41, 5.74) is 1.77. The second-order valence-corrected chi connectivity index (χ2v) is 9.34. The molecule has 0 aromatic carbocycles. The Kier molecular flexibility index (Phi) is 3.86. The highest BCUT2D eigenvalue weighted by Gasteiger charge is 2.49. The Labute approximate surface area is 95.0 Å². The molecule has 0 bridgehead atoms. The van der Waals surface area contributed by atoms with E-state index < -0.39 is 8.48 Å². The summed E-state index contributed by atoms with van der Waals surface area (Å²) in [6.07, 6.45) is 11.4. The summed E-state index contributed by atoms with van der Waals surface area (Å²) >= 11 is 0. The van der Waals surface area contributed by atoms with Crippen molar-refractivity contribution >= 4 is 8.48 Å². The largest absolute Gasteiger partial charge is 0.406 e. The van der Waals surface area contributed by atoms with Crippen LogP contribution < -0.4 is 4.98 Å². The van der Waals surface area contributed by atoms with Gasteiger partial charge in [-0.15, -0.1) is 0 Å². The fraction of sp³-hybridized carbons (Fsp3) is 1.00. The molecule has 15 heavy (non-hydrogen) atoms. The number of hydrogen-bond donors (Lipinski definition) is 1. The zero-order chi connectivity index (χ0) is 10.7. The zero-order valence-electron chi connectivity index (χ0n) is 10.2. The predicted molar refractivity (Wildman–Crippen MR) is 66.3 cm³/mol. The molecule has 0 aliphatic heterocycles. The fourth-order valence-corrected chi connectivity index (χ4v) is 8.77. The van der Waals surface area contributed by atoms with Crippen molar-refractivity contribution in [3.8, 4) is 0 Å². The van der Waals surface area contributed by atoms with Gasteiger partial charge in [0.2, 0.25) is 0 Å².